The second kappa shape index (κ2) is 13.6. The molecule has 2 heterocycles. The van der Waals surface area contributed by atoms with E-state index < -0.39 is 18.4 Å². The Kier molecular flexibility index (Phi) is 10.9. The van der Waals surface area contributed by atoms with Crippen molar-refractivity contribution in [2.24, 2.45) is 7.05 Å². The monoisotopic (exact) mass is 603 g/mol. The zero-order chi connectivity index (χ0) is 26.1. The van der Waals surface area contributed by atoms with E-state index in [-0.39, 0.29) is 5.76 Å². The van der Waals surface area contributed by atoms with Gasteiger partial charge in [-0.1, -0.05) is 0 Å². The van der Waals surface area contributed by atoms with Gasteiger partial charge >= 0.3 is 221 Å². The van der Waals surface area contributed by atoms with Gasteiger partial charge in [-0.15, -0.1) is 0 Å². The number of unbranched alkanes of at least 4 members (excludes halogenated alkanes) is 4. The van der Waals surface area contributed by atoms with Crippen LogP contribution in [0, 0.1) is 13.8 Å². The average Bonchev–Trinajstić information content (AvgIpc) is 3.41. The van der Waals surface area contributed by atoms with Gasteiger partial charge in [-0.05, 0) is 0 Å². The Hall–Kier alpha value is -1.83. The number of fused-ring (bicyclic) bond motifs is 1. The standard InChI is InChI=1S/C17H18N3O3.3C4H9.Sn/c1-11-9-13(10-14-16(11)23-17(21)20(14)3)7-5-4-6-8-15-19-18-12(2)22-15;3*1-3-4-2;/h5,9-10H,4,6,8H2,1-3H3;3*1,3-4H2,2H3;. The minimum atomic E-state index is -2.76. The van der Waals surface area contributed by atoms with Crippen LogP contribution in [0.2, 0.25) is 13.3 Å². The van der Waals surface area contributed by atoms with Crippen LogP contribution in [-0.2, 0) is 13.5 Å². The average molecular weight is 602 g/mol. The normalized spacial score (nSPS) is 12.7. The number of oxazole rings is 1. The van der Waals surface area contributed by atoms with Crippen molar-refractivity contribution < 1.29 is 8.83 Å². The molecule has 0 aliphatic rings. The van der Waals surface area contributed by atoms with Gasteiger partial charge in [0.15, 0.2) is 0 Å². The van der Waals surface area contributed by atoms with Crippen molar-refractivity contribution in [2.45, 2.75) is 106 Å². The van der Waals surface area contributed by atoms with Crippen molar-refractivity contribution in [1.82, 2.24) is 14.8 Å². The van der Waals surface area contributed by atoms with Crippen molar-refractivity contribution in [3.63, 3.8) is 0 Å². The molecule has 0 saturated heterocycles. The van der Waals surface area contributed by atoms with Crippen molar-refractivity contribution in [2.75, 3.05) is 0 Å². The van der Waals surface area contributed by atoms with E-state index in [1.165, 1.54) is 57.4 Å². The van der Waals surface area contributed by atoms with E-state index in [1.54, 1.807) is 8.16 Å². The van der Waals surface area contributed by atoms with E-state index in [0.717, 1.165) is 36.2 Å². The van der Waals surface area contributed by atoms with E-state index in [4.69, 9.17) is 8.83 Å². The second-order valence-corrected chi connectivity index (χ2v) is 23.5. The molecule has 198 valence electrons. The third-order valence-electron chi connectivity index (χ3n) is 7.50. The Bertz CT molecular complexity index is 1180. The molecular formula is C29H45N3O3Sn. The molecule has 6 nitrogen and oxygen atoms in total. The van der Waals surface area contributed by atoms with Gasteiger partial charge in [0.05, 0.1) is 0 Å². The number of benzene rings is 1. The number of allylic oxidation sites excluding steroid dienone is 1. The number of hydrogen-bond donors (Lipinski definition) is 0. The van der Waals surface area contributed by atoms with Crippen molar-refractivity contribution >= 4 is 33.1 Å². The zero-order valence-electron chi connectivity index (χ0n) is 23.3. The molecule has 0 atom stereocenters. The summed E-state index contributed by atoms with van der Waals surface area (Å²) in [5.74, 6) is 1.07. The summed E-state index contributed by atoms with van der Waals surface area (Å²) < 4.78 is 18.7. The predicted molar refractivity (Wildman–Crippen MR) is 151 cm³/mol. The minimum absolute atomic E-state index is 0.289. The molecule has 2 aromatic heterocycles. The van der Waals surface area contributed by atoms with Gasteiger partial charge < -0.3 is 0 Å². The van der Waals surface area contributed by atoms with Crippen molar-refractivity contribution in [3.05, 3.63) is 51.7 Å². The van der Waals surface area contributed by atoms with Gasteiger partial charge in [0.1, 0.15) is 0 Å². The molecule has 3 rings (SSSR count). The fourth-order valence-electron chi connectivity index (χ4n) is 5.45. The van der Waals surface area contributed by atoms with E-state index in [2.05, 4.69) is 56.1 Å². The first kappa shape index (κ1) is 28.7. The summed E-state index contributed by atoms with van der Waals surface area (Å²) >= 11 is -2.76. The Morgan fingerprint density at radius 1 is 0.944 bits per heavy atom. The molecular weight excluding hydrogens is 557 g/mol. The Balaban J connectivity index is 2.08. The number of aryl methyl sites for hydroxylation is 4. The van der Waals surface area contributed by atoms with E-state index >= 15 is 0 Å². The molecule has 0 unspecified atom stereocenters. The van der Waals surface area contributed by atoms with Crippen molar-refractivity contribution in [3.8, 4) is 0 Å². The maximum atomic E-state index is 12.3. The maximum absolute atomic E-state index is 12.3. The molecule has 0 saturated carbocycles. The Labute approximate surface area is 220 Å². The van der Waals surface area contributed by atoms with Crippen LogP contribution in [0.1, 0.15) is 95.0 Å². The summed E-state index contributed by atoms with van der Waals surface area (Å²) in [7, 11) is 1.81. The van der Waals surface area contributed by atoms with Crippen LogP contribution in [0.15, 0.2) is 31.8 Å². The van der Waals surface area contributed by atoms with Gasteiger partial charge in [0, 0.05) is 0 Å². The summed E-state index contributed by atoms with van der Waals surface area (Å²) in [5.41, 5.74) is 4.00. The number of aromatic nitrogens is 3. The summed E-state index contributed by atoms with van der Waals surface area (Å²) in [6.45, 7) is 10.9. The molecule has 0 amide bonds. The molecule has 0 bridgehead atoms. The van der Waals surface area contributed by atoms with Gasteiger partial charge in [0.25, 0.3) is 0 Å². The molecule has 0 aliphatic carbocycles. The number of rotatable bonds is 15. The fourth-order valence-corrected chi connectivity index (χ4v) is 22.5. The fraction of sp³-hybridized carbons (Fsp3) is 0.621. The van der Waals surface area contributed by atoms with Crippen LogP contribution in [-0.4, -0.2) is 33.1 Å². The quantitative estimate of drug-likeness (QED) is 0.131. The summed E-state index contributed by atoms with van der Waals surface area (Å²) in [4.78, 5) is 12.3. The molecule has 36 heavy (non-hydrogen) atoms. The molecule has 0 fully saturated rings. The molecule has 3 aromatic rings. The number of hydrogen-bond acceptors (Lipinski definition) is 5. The first-order valence-electron chi connectivity index (χ1n) is 13.9. The van der Waals surface area contributed by atoms with Crippen LogP contribution in [0.25, 0.3) is 14.7 Å². The van der Waals surface area contributed by atoms with Crippen LogP contribution < -0.4 is 5.76 Å². The molecule has 7 heteroatoms. The van der Waals surface area contributed by atoms with Crippen LogP contribution in [0.3, 0.4) is 0 Å². The van der Waals surface area contributed by atoms with E-state index in [9.17, 15) is 4.79 Å². The van der Waals surface area contributed by atoms with Gasteiger partial charge in [-0.2, -0.15) is 0 Å². The SMILES string of the molecule is CCC[CH2][Sn]([CH2]CCC)([CH2]CCC)/[C](=C/CCCc1nnc(C)o1)c1cc(C)c2oc(=O)n(C)c2c1. The molecule has 1 aromatic carbocycles. The van der Waals surface area contributed by atoms with Gasteiger partial charge in [-0.25, -0.2) is 0 Å². The molecule has 0 N–H and O–H groups in total. The first-order valence-corrected chi connectivity index (χ1v) is 21.4. The van der Waals surface area contributed by atoms with E-state index in [1.807, 2.05) is 14.0 Å². The third kappa shape index (κ3) is 6.93. The van der Waals surface area contributed by atoms with Crippen LogP contribution >= 0.6 is 0 Å². The summed E-state index contributed by atoms with van der Waals surface area (Å²) in [6, 6.07) is 4.52. The van der Waals surface area contributed by atoms with E-state index in [0.29, 0.717) is 11.5 Å². The van der Waals surface area contributed by atoms with Crippen molar-refractivity contribution in [1.29, 1.82) is 0 Å². The predicted octanol–water partition coefficient (Wildman–Crippen LogP) is 7.93. The Morgan fingerprint density at radius 3 is 2.14 bits per heavy atom. The first-order chi connectivity index (χ1) is 17.3. The topological polar surface area (TPSA) is 74.1 Å². The number of nitrogens with zero attached hydrogens (tertiary/aromatic N) is 3. The van der Waals surface area contributed by atoms with Crippen LogP contribution in [0.5, 0.6) is 0 Å². The van der Waals surface area contributed by atoms with Gasteiger partial charge in [0.2, 0.25) is 0 Å². The van der Waals surface area contributed by atoms with Gasteiger partial charge in [-0.3, -0.25) is 0 Å². The summed E-state index contributed by atoms with van der Waals surface area (Å²) in [5, 5.41) is 8.16. The molecule has 0 aliphatic heterocycles. The molecule has 0 radical (unpaired) electrons. The summed E-state index contributed by atoms with van der Waals surface area (Å²) in [6.07, 6.45) is 13.0. The zero-order valence-corrected chi connectivity index (χ0v) is 26.1. The second-order valence-electron chi connectivity index (χ2n) is 10.4. The molecule has 0 spiro atoms. The third-order valence-corrected chi connectivity index (χ3v) is 23.4. The van der Waals surface area contributed by atoms with Crippen LogP contribution in [0.4, 0.5) is 0 Å². The Morgan fingerprint density at radius 2 is 1.58 bits per heavy atom.